The van der Waals surface area contributed by atoms with Crippen molar-refractivity contribution >= 4 is 76.5 Å². The van der Waals surface area contributed by atoms with E-state index in [4.69, 9.17) is 22.9 Å². The number of aliphatic imine (C=N–C) groups is 2. The summed E-state index contributed by atoms with van der Waals surface area (Å²) in [4.78, 5) is 68.9. The van der Waals surface area contributed by atoms with E-state index in [-0.39, 0.29) is 95.8 Å². The maximum absolute atomic E-state index is 14.9. The third-order valence-corrected chi connectivity index (χ3v) is 11.4. The second kappa shape index (κ2) is 25.8. The maximum Gasteiger partial charge on any atom is 0.275 e. The van der Waals surface area contributed by atoms with Crippen molar-refractivity contribution in [1.29, 1.82) is 0 Å². The molecule has 0 aliphatic heterocycles. The topological polar surface area (TPSA) is 259 Å². The number of alkyl halides is 4. The molecule has 0 atom stereocenters. The number of nitrogens with two attached hydrogens (primary N) is 4. The van der Waals surface area contributed by atoms with Crippen molar-refractivity contribution in [2.75, 3.05) is 53.6 Å². The fourth-order valence-corrected chi connectivity index (χ4v) is 7.70. The van der Waals surface area contributed by atoms with Crippen molar-refractivity contribution < 1.29 is 41.1 Å². The summed E-state index contributed by atoms with van der Waals surface area (Å²) in [6, 6.07) is 5.67. The van der Waals surface area contributed by atoms with E-state index >= 15 is 0 Å². The molecule has 1 aromatic heterocycles. The Hall–Kier alpha value is -5.19. The van der Waals surface area contributed by atoms with E-state index in [2.05, 4.69) is 35.9 Å². The first-order valence-electron chi connectivity index (χ1n) is 20.1. The quantitative estimate of drug-likeness (QED) is 0.0105. The number of carbonyl (C=O) groups is 4. The minimum absolute atomic E-state index is 0.0165. The molecule has 344 valence electrons. The number of unbranched alkanes of at least 4 members (excludes halogenated alkanes) is 2. The van der Waals surface area contributed by atoms with Crippen molar-refractivity contribution in [3.63, 3.8) is 0 Å². The number of thioether (sulfide) groups is 2. The molecule has 63 heavy (non-hydrogen) atoms. The highest BCUT2D eigenvalue weighted by Crippen LogP contribution is 2.41. The molecule has 0 unspecified atom stereocenters. The van der Waals surface area contributed by atoms with Crippen LogP contribution in [-0.4, -0.2) is 83.6 Å². The van der Waals surface area contributed by atoms with Crippen molar-refractivity contribution in [3.8, 4) is 0 Å². The number of anilines is 3. The number of aryl methyl sites for hydroxylation is 1. The molecule has 0 saturated heterocycles. The molecule has 15 nitrogen and oxygen atoms in total. The third-order valence-electron chi connectivity index (χ3n) is 8.97. The number of hydrogen-bond acceptors (Lipinski definition) is 12. The van der Waals surface area contributed by atoms with Gasteiger partial charge in [-0.2, -0.15) is 4.39 Å². The molecule has 3 amide bonds. The molecule has 0 saturated carbocycles. The molecule has 0 spiro atoms. The Morgan fingerprint density at radius 3 is 1.78 bits per heavy atom. The fraction of sp³-hybridized carbons (Fsp3) is 0.463. The van der Waals surface area contributed by atoms with Crippen LogP contribution in [0.5, 0.6) is 0 Å². The number of benzene rings is 2. The Balaban J connectivity index is 1.92. The van der Waals surface area contributed by atoms with Gasteiger partial charge in [0, 0.05) is 92.9 Å². The molecule has 0 radical (unpaired) electrons. The third kappa shape index (κ3) is 17.8. The minimum atomic E-state index is -3.42. The first-order valence-corrected chi connectivity index (χ1v) is 22.0. The van der Waals surface area contributed by atoms with Gasteiger partial charge < -0.3 is 38.9 Å². The van der Waals surface area contributed by atoms with E-state index < -0.39 is 41.2 Å². The fourth-order valence-electron chi connectivity index (χ4n) is 5.91. The smallest absolute Gasteiger partial charge is 0.275 e. The largest absolute Gasteiger partial charge is 0.390 e. The second-order valence-corrected chi connectivity index (χ2v) is 16.5. The average molecular weight is 924 g/mol. The van der Waals surface area contributed by atoms with E-state index in [1.807, 2.05) is 0 Å². The summed E-state index contributed by atoms with van der Waals surface area (Å²) in [7, 11) is 0. The normalized spacial score (nSPS) is 12.1. The van der Waals surface area contributed by atoms with Crippen LogP contribution in [-0.2, 0) is 27.9 Å². The number of halogens is 5. The van der Waals surface area contributed by atoms with Crippen molar-refractivity contribution in [3.05, 3.63) is 64.7 Å². The monoisotopic (exact) mass is 923 g/mol. The van der Waals surface area contributed by atoms with Crippen molar-refractivity contribution in [2.45, 2.75) is 93.3 Å². The number of Topliss-reactive ketones (excluding diaryl/α,β-unsaturated/α-hetero) is 1. The lowest BCUT2D eigenvalue weighted by Gasteiger charge is -2.20. The number of amidine groups is 1. The standard InChI is InChI=1S/C41H54F5N11O4S2/c1-40(43,44)26-18-25(8-7-10-28(58)9-3-5-14-51-23-49)35(62-16-12-47)29(19-26)56-37(60)32-22-33(54-24-53-32)38(61)57-31-21-27(41(2,45)46)20-30(36(31)63-17-13-48)55-34(59)11-4-6-15-52-39(42)50/h18-24H,3-17,47-48H2,1-2H3,(H2,49,51)(H2,50,52)(H,55,59)(H,56,60)(H,57,61). The van der Waals surface area contributed by atoms with Gasteiger partial charge >= 0.3 is 0 Å². The second-order valence-electron chi connectivity index (χ2n) is 14.3. The van der Waals surface area contributed by atoms with Gasteiger partial charge in [-0.1, -0.05) is 0 Å². The molecular weight excluding hydrogens is 870 g/mol. The predicted octanol–water partition coefficient (Wildman–Crippen LogP) is 6.75. The zero-order valence-electron chi connectivity index (χ0n) is 35.1. The van der Waals surface area contributed by atoms with Gasteiger partial charge in [0.15, 0.2) is 0 Å². The van der Waals surface area contributed by atoms with Crippen molar-refractivity contribution in [2.24, 2.45) is 32.9 Å². The molecule has 11 N–H and O–H groups in total. The summed E-state index contributed by atoms with van der Waals surface area (Å²) in [5.74, 6) is -8.44. The van der Waals surface area contributed by atoms with Crippen LogP contribution in [0.3, 0.4) is 0 Å². The highest BCUT2D eigenvalue weighted by atomic mass is 32.2. The summed E-state index contributed by atoms with van der Waals surface area (Å²) >= 11 is 2.32. The number of nitrogens with one attached hydrogen (secondary N) is 3. The molecule has 22 heteroatoms. The lowest BCUT2D eigenvalue weighted by molar-refractivity contribution is -0.119. The maximum atomic E-state index is 14.9. The van der Waals surface area contributed by atoms with E-state index in [1.54, 1.807) is 0 Å². The first-order chi connectivity index (χ1) is 29.9. The summed E-state index contributed by atoms with van der Waals surface area (Å²) in [6.45, 7) is 2.31. The van der Waals surface area contributed by atoms with Crippen LogP contribution in [0.15, 0.2) is 56.4 Å². The van der Waals surface area contributed by atoms with Gasteiger partial charge in [0.1, 0.15) is 23.5 Å². The average Bonchev–Trinajstić information content (AvgIpc) is 3.21. The van der Waals surface area contributed by atoms with Gasteiger partial charge in [-0.3, -0.25) is 24.2 Å². The Morgan fingerprint density at radius 2 is 1.22 bits per heavy atom. The Labute approximate surface area is 371 Å². The number of nitrogens with zero attached hydrogens (tertiary/aromatic N) is 4. The molecular formula is C41H54F5N11O4S2. The number of hydrogen-bond donors (Lipinski definition) is 7. The summed E-state index contributed by atoms with van der Waals surface area (Å²) in [5, 5.41) is 7.82. The molecule has 3 aromatic rings. The van der Waals surface area contributed by atoms with Crippen LogP contribution in [0.25, 0.3) is 0 Å². The van der Waals surface area contributed by atoms with Gasteiger partial charge in [-0.05, 0) is 68.4 Å². The number of ketones is 1. The van der Waals surface area contributed by atoms with E-state index in [0.29, 0.717) is 61.8 Å². The molecule has 3 rings (SSSR count). The van der Waals surface area contributed by atoms with Gasteiger partial charge in [0.05, 0.1) is 28.3 Å². The Morgan fingerprint density at radius 1 is 0.714 bits per heavy atom. The van der Waals surface area contributed by atoms with Crippen LogP contribution in [0.4, 0.5) is 39.0 Å². The van der Waals surface area contributed by atoms with Crippen LogP contribution in [0, 0.1) is 0 Å². The molecule has 0 aliphatic carbocycles. The highest BCUT2D eigenvalue weighted by molar-refractivity contribution is 7.99. The molecule has 2 aromatic carbocycles. The number of aromatic nitrogens is 2. The predicted molar refractivity (Wildman–Crippen MR) is 239 cm³/mol. The summed E-state index contributed by atoms with van der Waals surface area (Å²) < 4.78 is 72.1. The van der Waals surface area contributed by atoms with Crippen LogP contribution < -0.4 is 38.9 Å². The summed E-state index contributed by atoms with van der Waals surface area (Å²) in [6.07, 6.45) is 4.10. The van der Waals surface area contributed by atoms with E-state index in [9.17, 15) is 41.1 Å². The molecule has 1 heterocycles. The minimum Gasteiger partial charge on any atom is -0.390 e. The highest BCUT2D eigenvalue weighted by Gasteiger charge is 2.30. The lowest BCUT2D eigenvalue weighted by Crippen LogP contribution is -2.21. The molecule has 0 bridgehead atoms. The molecule has 0 aliphatic rings. The van der Waals surface area contributed by atoms with E-state index in [0.717, 1.165) is 49.3 Å². The Bertz CT molecular complexity index is 2100. The van der Waals surface area contributed by atoms with Gasteiger partial charge in [0.2, 0.25) is 5.91 Å². The van der Waals surface area contributed by atoms with Crippen LogP contribution in [0.1, 0.15) is 103 Å². The van der Waals surface area contributed by atoms with Crippen molar-refractivity contribution in [1.82, 2.24) is 9.97 Å². The SMILES string of the molecule is CC(F)(F)c1cc(CCCC(=O)CCCCN=CN)c(SCCN)c(NC(=O)c2cc(C(=O)Nc3cc(C(C)(F)F)cc(NC(=O)CCCCN=C(N)F)c3SCCN)ncn2)c1. The van der Waals surface area contributed by atoms with Gasteiger partial charge in [-0.15, -0.1) is 23.5 Å². The zero-order valence-corrected chi connectivity index (χ0v) is 36.7. The summed E-state index contributed by atoms with van der Waals surface area (Å²) in [5.41, 5.74) is 20.4. The van der Waals surface area contributed by atoms with Gasteiger partial charge in [0.25, 0.3) is 29.7 Å². The number of rotatable bonds is 27. The zero-order chi connectivity index (χ0) is 46.6. The van der Waals surface area contributed by atoms with Crippen LogP contribution >= 0.6 is 23.5 Å². The van der Waals surface area contributed by atoms with Crippen LogP contribution in [0.2, 0.25) is 0 Å². The van der Waals surface area contributed by atoms with E-state index in [1.165, 1.54) is 24.2 Å². The van der Waals surface area contributed by atoms with Gasteiger partial charge in [-0.25, -0.2) is 32.5 Å². The first kappa shape index (κ1) is 52.2. The number of carbonyl (C=O) groups excluding carboxylic acids is 4. The molecule has 0 fully saturated rings. The Kier molecular flexibility index (Phi) is 21.4. The lowest BCUT2D eigenvalue weighted by atomic mass is 9.99. The number of amides is 3.